The Hall–Kier alpha value is -2.92. The molecule has 0 aliphatic heterocycles. The fourth-order valence-electron chi connectivity index (χ4n) is 2.26. The molecule has 2 aromatic carbocycles. The molecule has 0 saturated carbocycles. The summed E-state index contributed by atoms with van der Waals surface area (Å²) < 4.78 is 0. The number of amides is 2. The van der Waals surface area contributed by atoms with Gasteiger partial charge in [0.1, 0.15) is 0 Å². The third kappa shape index (κ3) is 5.07. The van der Waals surface area contributed by atoms with Crippen molar-refractivity contribution in [1.82, 2.24) is 10.9 Å². The molecule has 0 fully saturated rings. The normalized spacial score (nSPS) is 11.4. The lowest BCUT2D eigenvalue weighted by molar-refractivity contribution is -0.114. The van der Waals surface area contributed by atoms with Gasteiger partial charge in [0.25, 0.3) is 5.91 Å². The van der Waals surface area contributed by atoms with E-state index in [4.69, 9.17) is 0 Å². The molecule has 2 aromatic rings. The number of anilines is 1. The maximum Gasteiger partial charge on any atom is 0.265 e. The van der Waals surface area contributed by atoms with Gasteiger partial charge in [-0.05, 0) is 36.2 Å². The molecule has 1 atom stereocenters. The molecular weight excluding hydrogens is 302 g/mol. The molecule has 5 nitrogen and oxygen atoms in total. The second kappa shape index (κ2) is 8.64. The van der Waals surface area contributed by atoms with E-state index in [0.717, 1.165) is 11.3 Å². The average Bonchev–Trinajstić information content (AvgIpc) is 2.59. The summed E-state index contributed by atoms with van der Waals surface area (Å²) in [7, 11) is 0. The molecule has 2 amide bonds. The molecule has 0 aromatic heterocycles. The van der Waals surface area contributed by atoms with Crippen molar-refractivity contribution < 1.29 is 9.59 Å². The van der Waals surface area contributed by atoms with Crippen molar-refractivity contribution in [2.45, 2.75) is 19.4 Å². The van der Waals surface area contributed by atoms with Crippen LogP contribution in [0.5, 0.6) is 0 Å². The zero-order chi connectivity index (χ0) is 17.4. The van der Waals surface area contributed by atoms with E-state index in [2.05, 4.69) is 22.7 Å². The van der Waals surface area contributed by atoms with Crippen LogP contribution in [0.4, 0.5) is 5.69 Å². The standard InChI is InChI=1S/C19H21N3O2/c1-3-7-18(15-10-12-17(13-11-15)20-14(2)23)21-22-19(24)16-8-5-4-6-9-16/h3-6,8-13,18,21H,1,7H2,2H3,(H,20,23)(H,22,24)/t18-/m0/s1. The van der Waals surface area contributed by atoms with Gasteiger partial charge in [-0.25, -0.2) is 5.43 Å². The summed E-state index contributed by atoms with van der Waals surface area (Å²) in [5.74, 6) is -0.307. The van der Waals surface area contributed by atoms with Gasteiger partial charge in [0.2, 0.25) is 5.91 Å². The summed E-state index contributed by atoms with van der Waals surface area (Å²) >= 11 is 0. The number of rotatable bonds is 7. The first-order chi connectivity index (χ1) is 11.6. The average molecular weight is 323 g/mol. The van der Waals surface area contributed by atoms with E-state index >= 15 is 0 Å². The molecule has 0 unspecified atom stereocenters. The van der Waals surface area contributed by atoms with Crippen molar-refractivity contribution in [2.75, 3.05) is 5.32 Å². The van der Waals surface area contributed by atoms with Crippen LogP contribution in [0.1, 0.15) is 35.3 Å². The maximum atomic E-state index is 12.1. The lowest BCUT2D eigenvalue weighted by Gasteiger charge is -2.19. The molecule has 5 heteroatoms. The number of carbonyl (C=O) groups is 2. The van der Waals surface area contributed by atoms with Gasteiger partial charge in [-0.3, -0.25) is 15.0 Å². The Labute approximate surface area is 141 Å². The number of benzene rings is 2. The number of hydrazine groups is 1. The minimum atomic E-state index is -0.195. The van der Waals surface area contributed by atoms with E-state index in [9.17, 15) is 9.59 Å². The molecule has 0 bridgehead atoms. The van der Waals surface area contributed by atoms with E-state index in [-0.39, 0.29) is 17.9 Å². The van der Waals surface area contributed by atoms with E-state index in [1.165, 1.54) is 6.92 Å². The predicted octanol–water partition coefficient (Wildman–Crippen LogP) is 3.20. The summed E-state index contributed by atoms with van der Waals surface area (Å²) in [6.45, 7) is 5.23. The molecule has 0 spiro atoms. The summed E-state index contributed by atoms with van der Waals surface area (Å²) in [6, 6.07) is 16.4. The Morgan fingerprint density at radius 1 is 1.08 bits per heavy atom. The van der Waals surface area contributed by atoms with E-state index < -0.39 is 0 Å². The lowest BCUT2D eigenvalue weighted by atomic mass is 10.0. The smallest absolute Gasteiger partial charge is 0.265 e. The van der Waals surface area contributed by atoms with Crippen molar-refractivity contribution in [2.24, 2.45) is 0 Å². The summed E-state index contributed by atoms with van der Waals surface area (Å²) in [5, 5.41) is 2.73. The topological polar surface area (TPSA) is 70.2 Å². The van der Waals surface area contributed by atoms with E-state index in [1.54, 1.807) is 18.2 Å². The van der Waals surface area contributed by atoms with Crippen molar-refractivity contribution in [3.63, 3.8) is 0 Å². The van der Waals surface area contributed by atoms with Gasteiger partial charge in [-0.1, -0.05) is 36.4 Å². The maximum absolute atomic E-state index is 12.1. The molecule has 0 aliphatic carbocycles. The monoisotopic (exact) mass is 323 g/mol. The van der Waals surface area contributed by atoms with Crippen molar-refractivity contribution in [3.05, 3.63) is 78.4 Å². The van der Waals surface area contributed by atoms with Crippen LogP contribution in [0.3, 0.4) is 0 Å². The number of carbonyl (C=O) groups excluding carboxylic acids is 2. The van der Waals surface area contributed by atoms with Gasteiger partial charge >= 0.3 is 0 Å². The highest BCUT2D eigenvalue weighted by Crippen LogP contribution is 2.19. The van der Waals surface area contributed by atoms with E-state index in [1.807, 2.05) is 42.5 Å². The molecule has 24 heavy (non-hydrogen) atoms. The van der Waals surface area contributed by atoms with Crippen LogP contribution < -0.4 is 16.2 Å². The largest absolute Gasteiger partial charge is 0.326 e. The molecule has 124 valence electrons. The number of hydrogen-bond donors (Lipinski definition) is 3. The van der Waals surface area contributed by atoms with Crippen molar-refractivity contribution in [1.29, 1.82) is 0 Å². The Kier molecular flexibility index (Phi) is 6.28. The molecule has 0 radical (unpaired) electrons. The Morgan fingerprint density at radius 3 is 2.33 bits per heavy atom. The SMILES string of the molecule is C=CC[C@H](NNC(=O)c1ccccc1)c1ccc(NC(C)=O)cc1. The summed E-state index contributed by atoms with van der Waals surface area (Å²) in [5.41, 5.74) is 8.06. The molecule has 3 N–H and O–H groups in total. The second-order valence-corrected chi connectivity index (χ2v) is 5.34. The highest BCUT2D eigenvalue weighted by Gasteiger charge is 2.12. The van der Waals surface area contributed by atoms with Crippen LogP contribution in [-0.4, -0.2) is 11.8 Å². The molecule has 0 heterocycles. The predicted molar refractivity (Wildman–Crippen MR) is 95.3 cm³/mol. The molecule has 0 aliphatic rings. The van der Waals surface area contributed by atoms with Crippen LogP contribution in [0.2, 0.25) is 0 Å². The Bertz CT molecular complexity index is 696. The number of hydrogen-bond acceptors (Lipinski definition) is 3. The third-order valence-electron chi connectivity index (χ3n) is 3.43. The first-order valence-corrected chi connectivity index (χ1v) is 7.69. The van der Waals surface area contributed by atoms with Gasteiger partial charge < -0.3 is 5.32 Å². The molecular formula is C19H21N3O2. The fourth-order valence-corrected chi connectivity index (χ4v) is 2.26. The van der Waals surface area contributed by atoms with Crippen molar-refractivity contribution in [3.8, 4) is 0 Å². The van der Waals surface area contributed by atoms with Gasteiger partial charge in [0, 0.05) is 18.2 Å². The van der Waals surface area contributed by atoms with Crippen LogP contribution >= 0.6 is 0 Å². The zero-order valence-corrected chi connectivity index (χ0v) is 13.6. The second-order valence-electron chi connectivity index (χ2n) is 5.34. The lowest BCUT2D eigenvalue weighted by Crippen LogP contribution is -2.39. The van der Waals surface area contributed by atoms with Crippen LogP contribution in [0.15, 0.2) is 67.3 Å². The highest BCUT2D eigenvalue weighted by atomic mass is 16.2. The highest BCUT2D eigenvalue weighted by molar-refractivity contribution is 5.93. The van der Waals surface area contributed by atoms with Crippen LogP contribution in [0, 0.1) is 0 Å². The van der Waals surface area contributed by atoms with Crippen molar-refractivity contribution >= 4 is 17.5 Å². The zero-order valence-electron chi connectivity index (χ0n) is 13.6. The summed E-state index contributed by atoms with van der Waals surface area (Å²) in [4.78, 5) is 23.2. The fraction of sp³-hybridized carbons (Fsp3) is 0.158. The van der Waals surface area contributed by atoms with Gasteiger partial charge in [0.15, 0.2) is 0 Å². The Morgan fingerprint density at radius 2 is 1.75 bits per heavy atom. The molecule has 0 saturated heterocycles. The number of nitrogens with one attached hydrogen (secondary N) is 3. The van der Waals surface area contributed by atoms with Gasteiger partial charge in [-0.15, -0.1) is 6.58 Å². The summed E-state index contributed by atoms with van der Waals surface area (Å²) in [6.07, 6.45) is 2.43. The van der Waals surface area contributed by atoms with Crippen LogP contribution in [0.25, 0.3) is 0 Å². The van der Waals surface area contributed by atoms with Crippen LogP contribution in [-0.2, 0) is 4.79 Å². The third-order valence-corrected chi connectivity index (χ3v) is 3.43. The first-order valence-electron chi connectivity index (χ1n) is 7.69. The van der Waals surface area contributed by atoms with Gasteiger partial charge in [-0.2, -0.15) is 0 Å². The first kappa shape index (κ1) is 17.4. The van der Waals surface area contributed by atoms with Gasteiger partial charge in [0.05, 0.1) is 6.04 Å². The molecule has 2 rings (SSSR count). The Balaban J connectivity index is 2.02. The van der Waals surface area contributed by atoms with E-state index in [0.29, 0.717) is 12.0 Å². The quantitative estimate of drug-likeness (QED) is 0.541. The minimum Gasteiger partial charge on any atom is -0.326 e. The minimum absolute atomic E-state index is 0.110.